The van der Waals surface area contributed by atoms with Crippen LogP contribution in [-0.2, 0) is 10.0 Å². The summed E-state index contributed by atoms with van der Waals surface area (Å²) in [5, 5.41) is 11.4. The minimum Gasteiger partial charge on any atom is -0.619 e. The number of hydrogen-bond donors (Lipinski definition) is 1. The second kappa shape index (κ2) is 4.19. The van der Waals surface area contributed by atoms with E-state index in [0.29, 0.717) is 14.8 Å². The van der Waals surface area contributed by atoms with Gasteiger partial charge in [-0.15, -0.1) is 0 Å². The number of thioether (sulfide) groups is 1. The predicted octanol–water partition coefficient (Wildman–Crippen LogP) is 0.468. The van der Waals surface area contributed by atoms with E-state index in [0.717, 1.165) is 6.20 Å². The molecular weight excluding hydrogens is 262 g/mol. The lowest BCUT2D eigenvalue weighted by Gasteiger charge is -2.18. The van der Waals surface area contributed by atoms with E-state index in [1.807, 2.05) is 13.8 Å². The molecule has 1 aliphatic rings. The van der Waals surface area contributed by atoms with E-state index in [-0.39, 0.29) is 10.9 Å². The van der Waals surface area contributed by atoms with E-state index in [9.17, 15) is 13.6 Å². The van der Waals surface area contributed by atoms with Crippen molar-refractivity contribution in [2.45, 2.75) is 29.7 Å². The molecule has 1 aromatic rings. The Kier molecular flexibility index (Phi) is 3.00. The van der Waals surface area contributed by atoms with E-state index in [2.05, 4.69) is 9.71 Å². The number of aliphatic imine (C=N–C) groups is 1. The largest absolute Gasteiger partial charge is 0.619 e. The molecular formula is C9H11N3O3S2. The lowest BCUT2D eigenvalue weighted by atomic mass is 10.4. The molecule has 1 aromatic heterocycles. The van der Waals surface area contributed by atoms with Gasteiger partial charge in [0.25, 0.3) is 10.0 Å². The summed E-state index contributed by atoms with van der Waals surface area (Å²) >= 11 is 1.20. The molecule has 8 heteroatoms. The first-order chi connectivity index (χ1) is 7.88. The zero-order chi connectivity index (χ0) is 12.6. The molecule has 92 valence electrons. The Morgan fingerprint density at radius 1 is 1.53 bits per heavy atom. The van der Waals surface area contributed by atoms with E-state index < -0.39 is 10.0 Å². The maximum Gasteiger partial charge on any atom is 0.270 e. The topological polar surface area (TPSA) is 85.5 Å². The van der Waals surface area contributed by atoms with Crippen molar-refractivity contribution in [3.63, 3.8) is 0 Å². The van der Waals surface area contributed by atoms with Gasteiger partial charge >= 0.3 is 0 Å². The number of fused-ring (bicyclic) bond motifs is 1. The summed E-state index contributed by atoms with van der Waals surface area (Å²) in [7, 11) is -3.68. The highest BCUT2D eigenvalue weighted by molar-refractivity contribution is 8.16. The van der Waals surface area contributed by atoms with Crippen LogP contribution in [-0.4, -0.2) is 19.6 Å². The van der Waals surface area contributed by atoms with Gasteiger partial charge in [-0.1, -0.05) is 0 Å². The molecule has 0 fully saturated rings. The average Bonchev–Trinajstić information content (AvgIpc) is 2.17. The molecule has 0 spiro atoms. The van der Waals surface area contributed by atoms with Crippen molar-refractivity contribution in [3.8, 4) is 0 Å². The minimum absolute atomic E-state index is 0.00472. The second-order valence-electron chi connectivity index (χ2n) is 3.77. The number of rotatable bonds is 1. The van der Waals surface area contributed by atoms with E-state index in [1.54, 1.807) is 0 Å². The molecule has 1 aliphatic heterocycles. The number of nitrogens with one attached hydrogen (secondary N) is 1. The maximum absolute atomic E-state index is 11.9. The SMILES string of the molecule is CC(C)N=C1NS(=O)(=O)c2c[n+]([O-])ccc2S1. The fourth-order valence-electron chi connectivity index (χ4n) is 1.31. The van der Waals surface area contributed by atoms with Crippen LogP contribution < -0.4 is 9.45 Å². The molecule has 17 heavy (non-hydrogen) atoms. The van der Waals surface area contributed by atoms with Crippen molar-refractivity contribution in [1.82, 2.24) is 4.72 Å². The van der Waals surface area contributed by atoms with Crippen molar-refractivity contribution in [2.24, 2.45) is 4.99 Å². The van der Waals surface area contributed by atoms with Gasteiger partial charge in [0, 0.05) is 17.0 Å². The smallest absolute Gasteiger partial charge is 0.270 e. The normalized spacial score (nSPS) is 20.1. The molecule has 0 bridgehead atoms. The maximum atomic E-state index is 11.9. The van der Waals surface area contributed by atoms with Gasteiger partial charge in [0.15, 0.2) is 16.3 Å². The molecule has 1 N–H and O–H groups in total. The van der Waals surface area contributed by atoms with Gasteiger partial charge in [0.2, 0.25) is 6.20 Å². The first-order valence-corrected chi connectivity index (χ1v) is 7.20. The lowest BCUT2D eigenvalue weighted by Crippen LogP contribution is -2.36. The third-order valence-corrected chi connectivity index (χ3v) is 4.56. The molecule has 2 rings (SSSR count). The summed E-state index contributed by atoms with van der Waals surface area (Å²) in [6.45, 7) is 3.71. The van der Waals surface area contributed by atoms with Crippen LogP contribution in [0.4, 0.5) is 0 Å². The fourth-order valence-corrected chi connectivity index (χ4v) is 3.99. The van der Waals surface area contributed by atoms with Gasteiger partial charge in [-0.3, -0.25) is 9.71 Å². The van der Waals surface area contributed by atoms with Gasteiger partial charge in [-0.05, 0) is 25.6 Å². The molecule has 0 saturated heterocycles. The van der Waals surface area contributed by atoms with Gasteiger partial charge in [-0.2, -0.15) is 4.73 Å². The number of nitrogens with zero attached hydrogens (tertiary/aromatic N) is 2. The molecule has 0 aromatic carbocycles. The van der Waals surface area contributed by atoms with E-state index in [1.165, 1.54) is 24.0 Å². The number of sulfonamides is 1. The summed E-state index contributed by atoms with van der Waals surface area (Å²) in [6.07, 6.45) is 2.30. The van der Waals surface area contributed by atoms with Crippen molar-refractivity contribution in [1.29, 1.82) is 0 Å². The van der Waals surface area contributed by atoms with Crippen LogP contribution in [0.5, 0.6) is 0 Å². The minimum atomic E-state index is -3.68. The molecule has 0 atom stereocenters. The summed E-state index contributed by atoms with van der Waals surface area (Å²) in [5.74, 6) is 0. The van der Waals surface area contributed by atoms with Crippen LogP contribution in [0, 0.1) is 5.21 Å². The van der Waals surface area contributed by atoms with Crippen molar-refractivity contribution < 1.29 is 13.1 Å². The highest BCUT2D eigenvalue weighted by atomic mass is 32.2. The second-order valence-corrected chi connectivity index (χ2v) is 6.45. The zero-order valence-electron chi connectivity index (χ0n) is 9.25. The molecule has 0 unspecified atom stereocenters. The lowest BCUT2D eigenvalue weighted by molar-refractivity contribution is -0.608. The zero-order valence-corrected chi connectivity index (χ0v) is 10.9. The molecule has 6 nitrogen and oxygen atoms in total. The third-order valence-electron chi connectivity index (χ3n) is 1.95. The summed E-state index contributed by atoms with van der Waals surface area (Å²) < 4.78 is 26.5. The Morgan fingerprint density at radius 2 is 2.24 bits per heavy atom. The van der Waals surface area contributed by atoms with Crippen molar-refractivity contribution in [3.05, 3.63) is 23.7 Å². The molecule has 0 radical (unpaired) electrons. The summed E-state index contributed by atoms with van der Waals surface area (Å²) in [4.78, 5) is 4.66. The average molecular weight is 273 g/mol. The summed E-state index contributed by atoms with van der Waals surface area (Å²) in [5.41, 5.74) is 0. The van der Waals surface area contributed by atoms with Gasteiger partial charge in [0.1, 0.15) is 0 Å². The van der Waals surface area contributed by atoms with Crippen LogP contribution >= 0.6 is 11.8 Å². The predicted molar refractivity (Wildman–Crippen MR) is 64.2 cm³/mol. The van der Waals surface area contributed by atoms with Gasteiger partial charge in [0.05, 0.1) is 0 Å². The Bertz CT molecular complexity index is 581. The highest BCUT2D eigenvalue weighted by Crippen LogP contribution is 2.30. The van der Waals surface area contributed by atoms with Crippen LogP contribution in [0.2, 0.25) is 0 Å². The Hall–Kier alpha value is -1.28. The quantitative estimate of drug-likeness (QED) is 0.595. The Balaban J connectivity index is 2.52. The molecule has 0 amide bonds. The monoisotopic (exact) mass is 273 g/mol. The standard InChI is InChI=1S/C9H11N3O3S2/c1-6(2)10-9-11-17(14,15)8-5-12(13)4-3-7(8)16-9/h3-6H,1-2H3,(H,10,11). The van der Waals surface area contributed by atoms with Crippen LogP contribution in [0.15, 0.2) is 33.2 Å². The van der Waals surface area contributed by atoms with E-state index >= 15 is 0 Å². The van der Waals surface area contributed by atoms with Crippen LogP contribution in [0.3, 0.4) is 0 Å². The molecule has 0 aliphatic carbocycles. The van der Waals surface area contributed by atoms with Crippen LogP contribution in [0.25, 0.3) is 0 Å². The highest BCUT2D eigenvalue weighted by Gasteiger charge is 2.30. The van der Waals surface area contributed by atoms with Crippen LogP contribution in [0.1, 0.15) is 13.8 Å². The van der Waals surface area contributed by atoms with E-state index in [4.69, 9.17) is 0 Å². The summed E-state index contributed by atoms with van der Waals surface area (Å²) in [6, 6.07) is 1.47. The fraction of sp³-hybridized carbons (Fsp3) is 0.333. The first kappa shape index (κ1) is 12.2. The Morgan fingerprint density at radius 3 is 2.88 bits per heavy atom. The van der Waals surface area contributed by atoms with Gasteiger partial charge < -0.3 is 5.21 Å². The first-order valence-electron chi connectivity index (χ1n) is 4.90. The van der Waals surface area contributed by atoms with Crippen molar-refractivity contribution >= 4 is 27.0 Å². The number of amidine groups is 1. The van der Waals surface area contributed by atoms with Gasteiger partial charge in [-0.25, -0.2) is 8.42 Å². The number of aromatic nitrogens is 1. The number of hydrogen-bond acceptors (Lipinski definition) is 5. The number of pyridine rings is 1. The Labute approximate surface area is 103 Å². The third kappa shape index (κ3) is 2.52. The molecule has 2 heterocycles. The molecule has 0 saturated carbocycles. The van der Waals surface area contributed by atoms with Crippen molar-refractivity contribution in [2.75, 3.05) is 0 Å².